The number of hydrogen-bond acceptors (Lipinski definition) is 6. The molecule has 0 saturated heterocycles. The molecule has 0 spiro atoms. The van der Waals surface area contributed by atoms with Crippen molar-refractivity contribution in [1.29, 1.82) is 10.7 Å². The molecule has 0 unspecified atom stereocenters. The van der Waals surface area contributed by atoms with E-state index in [0.717, 1.165) is 21.7 Å². The van der Waals surface area contributed by atoms with E-state index in [0.29, 0.717) is 24.2 Å². The van der Waals surface area contributed by atoms with Gasteiger partial charge in [0.2, 0.25) is 0 Å². The van der Waals surface area contributed by atoms with Gasteiger partial charge in [-0.25, -0.2) is 4.98 Å². The van der Waals surface area contributed by atoms with Gasteiger partial charge in [0.05, 0.1) is 11.8 Å². The average Bonchev–Trinajstić information content (AvgIpc) is 3.25. The zero-order valence-electron chi connectivity index (χ0n) is 17.9. The summed E-state index contributed by atoms with van der Waals surface area (Å²) in [5.41, 5.74) is 10.7. The first kappa shape index (κ1) is 22.3. The largest absolute Gasteiger partial charge is 0.383 e. The first-order valence-corrected chi connectivity index (χ1v) is 10.9. The summed E-state index contributed by atoms with van der Waals surface area (Å²) in [5.74, 6) is 0.319. The van der Waals surface area contributed by atoms with Crippen LogP contribution in [0.25, 0.3) is 11.1 Å². The monoisotopic (exact) mass is 449 g/mol. The minimum atomic E-state index is -0.664. The van der Waals surface area contributed by atoms with Gasteiger partial charge in [0.25, 0.3) is 0 Å². The summed E-state index contributed by atoms with van der Waals surface area (Å²) in [4.78, 5) is 9.59. The average molecular weight is 450 g/mol. The number of nitrogens with two attached hydrogens (primary N) is 1. The predicted molar refractivity (Wildman–Crippen MR) is 135 cm³/mol. The van der Waals surface area contributed by atoms with Crippen molar-refractivity contribution < 1.29 is 0 Å². The summed E-state index contributed by atoms with van der Waals surface area (Å²) in [6.07, 6.45) is 5.88. The Kier molecular flexibility index (Phi) is 6.53. The molecule has 0 radical (unpaired) electrons. The molecule has 33 heavy (non-hydrogen) atoms. The van der Waals surface area contributed by atoms with Crippen molar-refractivity contribution in [2.45, 2.75) is 23.2 Å². The molecule has 1 aliphatic carbocycles. The Morgan fingerprint density at radius 1 is 0.939 bits per heavy atom. The maximum atomic E-state index is 9.99. The summed E-state index contributed by atoms with van der Waals surface area (Å²) in [7, 11) is 0. The molecule has 0 saturated carbocycles. The Balaban J connectivity index is 0.000000318. The lowest BCUT2D eigenvalue weighted by molar-refractivity contribution is 0.568. The number of fused-ring (bicyclic) bond motifs is 1. The molecule has 2 aromatic carbocycles. The zero-order valence-corrected chi connectivity index (χ0v) is 18.8. The highest BCUT2D eigenvalue weighted by atomic mass is 32.1. The highest BCUT2D eigenvalue weighted by molar-refractivity contribution is 7.80. The van der Waals surface area contributed by atoms with Gasteiger partial charge >= 0.3 is 0 Å². The number of thiol groups is 1. The van der Waals surface area contributed by atoms with Crippen LogP contribution in [0.15, 0.2) is 90.1 Å². The maximum absolute atomic E-state index is 9.99. The van der Waals surface area contributed by atoms with Crippen molar-refractivity contribution in [2.75, 3.05) is 5.73 Å². The number of nitriles is 1. The number of hydrogen-bond donors (Lipinski definition) is 3. The van der Waals surface area contributed by atoms with Gasteiger partial charge in [-0.1, -0.05) is 42.5 Å². The summed E-state index contributed by atoms with van der Waals surface area (Å²) >= 11 is 4.08. The van der Waals surface area contributed by atoms with E-state index in [2.05, 4.69) is 40.8 Å². The van der Waals surface area contributed by atoms with Gasteiger partial charge in [0, 0.05) is 29.1 Å². The smallest absolute Gasteiger partial charge is 0.132 e. The molecule has 4 aromatic rings. The first-order valence-electron chi connectivity index (χ1n) is 10.5. The van der Waals surface area contributed by atoms with Gasteiger partial charge in [0.1, 0.15) is 11.2 Å². The second kappa shape index (κ2) is 9.68. The van der Waals surface area contributed by atoms with Crippen molar-refractivity contribution in [3.63, 3.8) is 0 Å². The maximum Gasteiger partial charge on any atom is 0.132 e. The Morgan fingerprint density at radius 2 is 1.58 bits per heavy atom. The molecule has 0 bridgehead atoms. The van der Waals surface area contributed by atoms with Gasteiger partial charge in [0.15, 0.2) is 0 Å². The summed E-state index contributed by atoms with van der Waals surface area (Å²) < 4.78 is 0. The van der Waals surface area contributed by atoms with Crippen molar-refractivity contribution >= 4 is 24.7 Å². The van der Waals surface area contributed by atoms with E-state index in [4.69, 9.17) is 11.1 Å². The van der Waals surface area contributed by atoms with E-state index in [-0.39, 0.29) is 0 Å². The van der Waals surface area contributed by atoms with E-state index in [1.807, 2.05) is 60.7 Å². The molecular formula is C27H23N5S. The van der Waals surface area contributed by atoms with Crippen LogP contribution in [0, 0.1) is 16.7 Å². The molecule has 0 fully saturated rings. The van der Waals surface area contributed by atoms with Crippen LogP contribution in [0.2, 0.25) is 0 Å². The number of benzene rings is 2. The van der Waals surface area contributed by atoms with Crippen LogP contribution in [-0.4, -0.2) is 16.2 Å². The predicted octanol–water partition coefficient (Wildman–Crippen LogP) is 5.26. The Bertz CT molecular complexity index is 1300. The molecule has 5 nitrogen and oxygen atoms in total. The minimum Gasteiger partial charge on any atom is -0.383 e. The SMILES string of the molecule is N#CC1(c2cc(-c3ccnc(N)c3C=N)ccn2)Cc2ccccc2C1.Sc1ccccc1. The fourth-order valence-electron chi connectivity index (χ4n) is 4.11. The van der Waals surface area contributed by atoms with Crippen molar-refractivity contribution in [2.24, 2.45) is 0 Å². The van der Waals surface area contributed by atoms with Gasteiger partial charge in [-0.2, -0.15) is 5.26 Å². The molecule has 3 N–H and O–H groups in total. The van der Waals surface area contributed by atoms with Gasteiger partial charge in [-0.3, -0.25) is 4.98 Å². The first-order chi connectivity index (χ1) is 16.1. The minimum absolute atomic E-state index is 0.319. The number of nitrogen functional groups attached to an aromatic ring is 1. The number of rotatable bonds is 3. The second-order valence-corrected chi connectivity index (χ2v) is 8.40. The number of nitrogens with one attached hydrogen (secondary N) is 1. The van der Waals surface area contributed by atoms with E-state index >= 15 is 0 Å². The number of aromatic nitrogens is 2. The lowest BCUT2D eigenvalue weighted by atomic mass is 9.81. The third-order valence-electron chi connectivity index (χ3n) is 5.80. The van der Waals surface area contributed by atoms with Crippen LogP contribution in [0.3, 0.4) is 0 Å². The zero-order chi connectivity index (χ0) is 23.3. The van der Waals surface area contributed by atoms with Crippen molar-refractivity contribution in [3.8, 4) is 17.2 Å². The number of anilines is 1. The van der Waals surface area contributed by atoms with E-state index < -0.39 is 5.41 Å². The molecule has 0 aliphatic heterocycles. The fourth-order valence-corrected chi connectivity index (χ4v) is 4.29. The van der Waals surface area contributed by atoms with E-state index in [1.54, 1.807) is 12.4 Å². The van der Waals surface area contributed by atoms with Crippen LogP contribution in [0.1, 0.15) is 22.4 Å². The number of pyridine rings is 2. The lowest BCUT2D eigenvalue weighted by Crippen LogP contribution is -2.26. The van der Waals surface area contributed by atoms with E-state index in [9.17, 15) is 5.26 Å². The summed E-state index contributed by atoms with van der Waals surface area (Å²) in [6, 6.07) is 26.1. The topological polar surface area (TPSA) is 99.4 Å². The Morgan fingerprint density at radius 3 is 2.15 bits per heavy atom. The van der Waals surface area contributed by atoms with Crippen molar-refractivity contribution in [3.05, 3.63) is 108 Å². The molecule has 1 aliphatic rings. The Hall–Kier alpha value is -3.95. The third-order valence-corrected chi connectivity index (χ3v) is 6.10. The standard InChI is InChI=1S/C21H17N5.C6H6S/c22-12-18-17(6-8-26-20(18)24)14-5-7-25-19(9-14)21(13-23)10-15-3-1-2-4-16(15)11-21;7-6-4-2-1-3-5-6/h1-9,12,22H,10-11H2,(H2,24,26);1-5,7H. The molecule has 6 heteroatoms. The van der Waals surface area contributed by atoms with Gasteiger partial charge in [-0.15, -0.1) is 12.6 Å². The molecule has 0 atom stereocenters. The highest BCUT2D eigenvalue weighted by Crippen LogP contribution is 2.39. The molecule has 5 rings (SSSR count). The van der Waals surface area contributed by atoms with Gasteiger partial charge in [-0.05, 0) is 65.4 Å². The Labute approximate surface area is 198 Å². The molecule has 2 heterocycles. The van der Waals surface area contributed by atoms with Crippen LogP contribution < -0.4 is 5.73 Å². The van der Waals surface area contributed by atoms with Crippen LogP contribution in [0.4, 0.5) is 5.82 Å². The molecule has 0 amide bonds. The van der Waals surface area contributed by atoms with E-state index in [1.165, 1.54) is 17.3 Å². The second-order valence-electron chi connectivity index (χ2n) is 7.88. The van der Waals surface area contributed by atoms with Crippen LogP contribution >= 0.6 is 12.6 Å². The molecule has 2 aromatic heterocycles. The highest BCUT2D eigenvalue weighted by Gasteiger charge is 2.40. The van der Waals surface area contributed by atoms with Crippen molar-refractivity contribution in [1.82, 2.24) is 9.97 Å². The molecule has 162 valence electrons. The summed E-state index contributed by atoms with van der Waals surface area (Å²) in [6.45, 7) is 0. The molecular weight excluding hydrogens is 426 g/mol. The van der Waals surface area contributed by atoms with Crippen LogP contribution in [0.5, 0.6) is 0 Å². The van der Waals surface area contributed by atoms with Crippen LogP contribution in [-0.2, 0) is 18.3 Å². The number of nitrogens with zero attached hydrogens (tertiary/aromatic N) is 3. The lowest BCUT2D eigenvalue weighted by Gasteiger charge is -2.20. The fraction of sp³-hybridized carbons (Fsp3) is 0.111. The quantitative estimate of drug-likeness (QED) is 0.293. The normalized spacial score (nSPS) is 13.2. The van der Waals surface area contributed by atoms with Gasteiger partial charge < -0.3 is 11.1 Å². The third kappa shape index (κ3) is 4.64. The summed E-state index contributed by atoms with van der Waals surface area (Å²) in [5, 5.41) is 17.6.